The SMILES string of the molecule is O=S(=O)(Nc1ccc(Br)nc1)c1ccc2c(c1)CCC2. The van der Waals surface area contributed by atoms with Crippen LogP contribution in [0.3, 0.4) is 0 Å². The summed E-state index contributed by atoms with van der Waals surface area (Å²) in [5, 5.41) is 0. The van der Waals surface area contributed by atoms with Gasteiger partial charge in [-0.3, -0.25) is 4.72 Å². The summed E-state index contributed by atoms with van der Waals surface area (Å²) >= 11 is 3.22. The van der Waals surface area contributed by atoms with E-state index in [1.54, 1.807) is 24.3 Å². The number of hydrogen-bond donors (Lipinski definition) is 1. The van der Waals surface area contributed by atoms with Crippen LogP contribution in [0, 0.1) is 0 Å². The van der Waals surface area contributed by atoms with E-state index >= 15 is 0 Å². The molecule has 0 amide bonds. The Morgan fingerprint density at radius 1 is 1.10 bits per heavy atom. The lowest BCUT2D eigenvalue weighted by molar-refractivity contribution is 0.601. The number of nitrogens with one attached hydrogen (secondary N) is 1. The van der Waals surface area contributed by atoms with Gasteiger partial charge in [-0.2, -0.15) is 0 Å². The zero-order valence-electron chi connectivity index (χ0n) is 10.6. The van der Waals surface area contributed by atoms with Gasteiger partial charge in [0.15, 0.2) is 0 Å². The van der Waals surface area contributed by atoms with Gasteiger partial charge in [-0.15, -0.1) is 0 Å². The highest BCUT2D eigenvalue weighted by molar-refractivity contribution is 9.10. The minimum absolute atomic E-state index is 0.307. The van der Waals surface area contributed by atoms with E-state index in [4.69, 9.17) is 0 Å². The van der Waals surface area contributed by atoms with Crippen molar-refractivity contribution < 1.29 is 8.42 Å². The molecule has 6 heteroatoms. The fourth-order valence-electron chi connectivity index (χ4n) is 2.37. The van der Waals surface area contributed by atoms with E-state index in [1.807, 2.05) is 6.07 Å². The molecule has 4 nitrogen and oxygen atoms in total. The first-order chi connectivity index (χ1) is 9.54. The Balaban J connectivity index is 1.90. The van der Waals surface area contributed by atoms with Gasteiger partial charge in [0.25, 0.3) is 10.0 Å². The van der Waals surface area contributed by atoms with Gasteiger partial charge in [0.1, 0.15) is 4.60 Å². The van der Waals surface area contributed by atoms with Crippen molar-refractivity contribution in [1.82, 2.24) is 4.98 Å². The molecule has 0 fully saturated rings. The van der Waals surface area contributed by atoms with Crippen molar-refractivity contribution in [3.05, 3.63) is 52.3 Å². The van der Waals surface area contributed by atoms with Crippen LogP contribution in [0.1, 0.15) is 17.5 Å². The lowest BCUT2D eigenvalue weighted by Crippen LogP contribution is -2.13. The first-order valence-electron chi connectivity index (χ1n) is 6.31. The second-order valence-corrected chi connectivity index (χ2v) is 7.25. The quantitative estimate of drug-likeness (QED) is 0.863. The summed E-state index contributed by atoms with van der Waals surface area (Å²) in [4.78, 5) is 4.31. The number of sulfonamides is 1. The number of benzene rings is 1. The highest BCUT2D eigenvalue weighted by Gasteiger charge is 2.18. The van der Waals surface area contributed by atoms with Crippen LogP contribution in [-0.2, 0) is 22.9 Å². The molecule has 104 valence electrons. The van der Waals surface area contributed by atoms with Crippen molar-refractivity contribution in [1.29, 1.82) is 0 Å². The maximum atomic E-state index is 12.3. The normalized spacial score (nSPS) is 14.1. The van der Waals surface area contributed by atoms with Crippen LogP contribution >= 0.6 is 15.9 Å². The van der Waals surface area contributed by atoms with Gasteiger partial charge in [0.05, 0.1) is 16.8 Å². The Hall–Kier alpha value is -1.40. The van der Waals surface area contributed by atoms with Crippen molar-refractivity contribution in [2.45, 2.75) is 24.2 Å². The molecule has 1 aliphatic carbocycles. The number of fused-ring (bicyclic) bond motifs is 1. The second-order valence-electron chi connectivity index (χ2n) is 4.76. The number of nitrogens with zero attached hydrogens (tertiary/aromatic N) is 1. The number of halogens is 1. The molecule has 1 aromatic heterocycles. The fourth-order valence-corrected chi connectivity index (χ4v) is 3.69. The number of hydrogen-bond acceptors (Lipinski definition) is 3. The number of aryl methyl sites for hydroxylation is 2. The smallest absolute Gasteiger partial charge is 0.261 e. The second kappa shape index (κ2) is 5.18. The van der Waals surface area contributed by atoms with Gasteiger partial charge in [0.2, 0.25) is 0 Å². The average Bonchev–Trinajstić information content (AvgIpc) is 2.88. The topological polar surface area (TPSA) is 59.1 Å². The van der Waals surface area contributed by atoms with E-state index in [9.17, 15) is 8.42 Å². The maximum absolute atomic E-state index is 12.3. The predicted molar refractivity (Wildman–Crippen MR) is 81.2 cm³/mol. The monoisotopic (exact) mass is 352 g/mol. The van der Waals surface area contributed by atoms with Crippen LogP contribution in [0.2, 0.25) is 0 Å². The fraction of sp³-hybridized carbons (Fsp3) is 0.214. The van der Waals surface area contributed by atoms with Gasteiger partial charge < -0.3 is 0 Å². The molecular weight excluding hydrogens is 340 g/mol. The third-order valence-corrected chi connectivity index (χ3v) is 5.21. The molecule has 1 heterocycles. The Bertz CT molecular complexity index is 742. The summed E-state index contributed by atoms with van der Waals surface area (Å²) in [5.41, 5.74) is 2.85. The van der Waals surface area contributed by atoms with Gasteiger partial charge in [0, 0.05) is 0 Å². The van der Waals surface area contributed by atoms with Crippen LogP contribution in [0.15, 0.2) is 46.0 Å². The van der Waals surface area contributed by atoms with Crippen LogP contribution in [0.25, 0.3) is 0 Å². The molecule has 0 spiro atoms. The van der Waals surface area contributed by atoms with Crippen LogP contribution in [-0.4, -0.2) is 13.4 Å². The predicted octanol–water partition coefficient (Wildman–Crippen LogP) is 3.13. The molecule has 1 N–H and O–H groups in total. The molecule has 0 saturated heterocycles. The number of pyridine rings is 1. The molecular formula is C14H13BrN2O2S. The maximum Gasteiger partial charge on any atom is 0.261 e. The third kappa shape index (κ3) is 2.71. The lowest BCUT2D eigenvalue weighted by atomic mass is 10.1. The van der Waals surface area contributed by atoms with E-state index in [0.29, 0.717) is 15.2 Å². The molecule has 1 aromatic carbocycles. The molecule has 0 atom stereocenters. The van der Waals surface area contributed by atoms with Crippen LogP contribution < -0.4 is 4.72 Å². The Morgan fingerprint density at radius 3 is 2.65 bits per heavy atom. The van der Waals surface area contributed by atoms with Gasteiger partial charge >= 0.3 is 0 Å². The molecule has 2 aromatic rings. The summed E-state index contributed by atoms with van der Waals surface area (Å²) in [6, 6.07) is 8.72. The largest absolute Gasteiger partial charge is 0.278 e. The first kappa shape index (κ1) is 13.6. The number of anilines is 1. The summed E-state index contributed by atoms with van der Waals surface area (Å²) in [6.07, 6.45) is 4.58. The van der Waals surface area contributed by atoms with Crippen molar-refractivity contribution in [2.24, 2.45) is 0 Å². The van der Waals surface area contributed by atoms with E-state index in [2.05, 4.69) is 25.6 Å². The number of aromatic nitrogens is 1. The summed E-state index contributed by atoms with van der Waals surface area (Å²) in [7, 11) is -3.55. The van der Waals surface area contributed by atoms with Crippen molar-refractivity contribution >= 4 is 31.6 Å². The highest BCUT2D eigenvalue weighted by atomic mass is 79.9. The van der Waals surface area contributed by atoms with Gasteiger partial charge in [-0.05, 0) is 70.6 Å². The minimum atomic E-state index is -3.55. The minimum Gasteiger partial charge on any atom is -0.278 e. The third-order valence-electron chi connectivity index (χ3n) is 3.36. The molecule has 0 aliphatic heterocycles. The molecule has 1 aliphatic rings. The number of rotatable bonds is 3. The molecule has 0 bridgehead atoms. The summed E-state index contributed by atoms with van der Waals surface area (Å²) in [6.45, 7) is 0. The van der Waals surface area contributed by atoms with Crippen molar-refractivity contribution in [2.75, 3.05) is 4.72 Å². The molecule has 0 unspecified atom stereocenters. The lowest BCUT2D eigenvalue weighted by Gasteiger charge is -2.09. The van der Waals surface area contributed by atoms with E-state index < -0.39 is 10.0 Å². The summed E-state index contributed by atoms with van der Waals surface area (Å²) < 4.78 is 27.9. The van der Waals surface area contributed by atoms with Gasteiger partial charge in [-0.25, -0.2) is 13.4 Å². The van der Waals surface area contributed by atoms with Crippen LogP contribution in [0.5, 0.6) is 0 Å². The van der Waals surface area contributed by atoms with Gasteiger partial charge in [-0.1, -0.05) is 6.07 Å². The van der Waals surface area contributed by atoms with Crippen molar-refractivity contribution in [3.63, 3.8) is 0 Å². The standard InChI is InChI=1S/C14H13BrN2O2S/c15-14-7-5-12(9-16-14)17-20(18,19)13-6-4-10-2-1-3-11(10)8-13/h4-9,17H,1-3H2. The van der Waals surface area contributed by atoms with E-state index in [-0.39, 0.29) is 0 Å². The highest BCUT2D eigenvalue weighted by Crippen LogP contribution is 2.25. The van der Waals surface area contributed by atoms with Crippen molar-refractivity contribution in [3.8, 4) is 0 Å². The molecule has 0 radical (unpaired) electrons. The molecule has 3 rings (SSSR count). The average molecular weight is 353 g/mol. The van der Waals surface area contributed by atoms with E-state index in [1.165, 1.54) is 11.8 Å². The summed E-state index contributed by atoms with van der Waals surface area (Å²) in [5.74, 6) is 0. The Labute approximate surface area is 126 Å². The zero-order valence-corrected chi connectivity index (χ0v) is 13.0. The Morgan fingerprint density at radius 2 is 1.90 bits per heavy atom. The first-order valence-corrected chi connectivity index (χ1v) is 8.58. The van der Waals surface area contributed by atoms with Crippen LogP contribution in [0.4, 0.5) is 5.69 Å². The Kier molecular flexibility index (Phi) is 3.52. The molecule has 20 heavy (non-hydrogen) atoms. The van der Waals surface area contributed by atoms with E-state index in [0.717, 1.165) is 24.8 Å². The molecule has 0 saturated carbocycles. The zero-order chi connectivity index (χ0) is 14.2.